The molecule has 0 bridgehead atoms. The molecular weight excluding hydrogens is 332 g/mol. The van der Waals surface area contributed by atoms with Gasteiger partial charge in [-0.3, -0.25) is 4.79 Å². The van der Waals surface area contributed by atoms with Crippen molar-refractivity contribution >= 4 is 33.7 Å². The van der Waals surface area contributed by atoms with E-state index in [2.05, 4.69) is 16.9 Å². The first-order valence-corrected chi connectivity index (χ1v) is 9.32. The Morgan fingerprint density at radius 2 is 2.24 bits per heavy atom. The summed E-state index contributed by atoms with van der Waals surface area (Å²) in [6.45, 7) is 2.27. The molecule has 0 saturated carbocycles. The summed E-state index contributed by atoms with van der Waals surface area (Å²) in [6, 6.07) is 7.77. The number of hydrogen-bond acceptors (Lipinski definition) is 4. The molecule has 0 saturated heterocycles. The lowest BCUT2D eigenvalue weighted by molar-refractivity contribution is 0.414. The van der Waals surface area contributed by atoms with Crippen LogP contribution in [0.1, 0.15) is 35.2 Å². The molecule has 4 nitrogen and oxygen atoms in total. The Kier molecular flexibility index (Phi) is 4.17. The third-order valence-corrected chi connectivity index (χ3v) is 5.86. The van der Waals surface area contributed by atoms with E-state index in [9.17, 15) is 4.79 Å². The summed E-state index contributed by atoms with van der Waals surface area (Å²) in [4.78, 5) is 22.4. The molecule has 25 heavy (non-hydrogen) atoms. The Bertz CT molecular complexity index is 1020. The minimum atomic E-state index is -0.0256. The molecule has 2 aromatic heterocycles. The average Bonchev–Trinajstić information content (AvgIpc) is 2.97. The van der Waals surface area contributed by atoms with Crippen LogP contribution in [0.3, 0.4) is 0 Å². The molecule has 1 atom stereocenters. The van der Waals surface area contributed by atoms with Gasteiger partial charge in [0.15, 0.2) is 0 Å². The normalized spacial score (nSPS) is 17.1. The van der Waals surface area contributed by atoms with Crippen molar-refractivity contribution in [3.05, 3.63) is 56.4 Å². The predicted octanol–water partition coefficient (Wildman–Crippen LogP) is 4.29. The van der Waals surface area contributed by atoms with Crippen molar-refractivity contribution in [3.8, 4) is 5.75 Å². The standard InChI is InChI=1S/C20H20N2O2S/c1-12-6-8-15-16(10-12)25-20-18(15)19(23)21-17(22-20)9-7-13-4-3-5-14(11-13)24-2/h3-5,7,9,11-12H,6,8,10H2,1-2H3,(H,21,22,23)/b9-7+/t12-/m0/s1. The number of nitrogens with one attached hydrogen (secondary N) is 1. The molecule has 1 N–H and O–H groups in total. The summed E-state index contributed by atoms with van der Waals surface area (Å²) in [5.74, 6) is 2.08. The van der Waals surface area contributed by atoms with Crippen LogP contribution in [0.25, 0.3) is 22.4 Å². The van der Waals surface area contributed by atoms with Crippen LogP contribution < -0.4 is 10.3 Å². The number of ether oxygens (including phenoxy) is 1. The van der Waals surface area contributed by atoms with Crippen molar-refractivity contribution < 1.29 is 4.74 Å². The zero-order valence-electron chi connectivity index (χ0n) is 14.3. The second kappa shape index (κ2) is 6.48. The van der Waals surface area contributed by atoms with Crippen LogP contribution in [-0.2, 0) is 12.8 Å². The van der Waals surface area contributed by atoms with E-state index in [1.165, 1.54) is 10.4 Å². The van der Waals surface area contributed by atoms with Gasteiger partial charge in [-0.25, -0.2) is 4.98 Å². The molecule has 1 aliphatic rings. The lowest BCUT2D eigenvalue weighted by atomic mass is 9.89. The van der Waals surface area contributed by atoms with E-state index in [-0.39, 0.29) is 5.56 Å². The summed E-state index contributed by atoms with van der Waals surface area (Å²) in [5, 5.41) is 0.797. The van der Waals surface area contributed by atoms with E-state index >= 15 is 0 Å². The highest BCUT2D eigenvalue weighted by molar-refractivity contribution is 7.18. The van der Waals surface area contributed by atoms with Gasteiger partial charge in [-0.2, -0.15) is 0 Å². The SMILES string of the molecule is COc1cccc(/C=C/c2nc3sc4c(c3c(=O)[nH]2)CC[C@H](C)C4)c1. The van der Waals surface area contributed by atoms with Gasteiger partial charge in [0, 0.05) is 4.88 Å². The fourth-order valence-corrected chi connectivity index (χ4v) is 4.76. The number of H-pyrrole nitrogens is 1. The maximum atomic E-state index is 12.6. The molecule has 2 heterocycles. The summed E-state index contributed by atoms with van der Waals surface area (Å²) in [7, 11) is 1.65. The third-order valence-electron chi connectivity index (χ3n) is 4.71. The van der Waals surface area contributed by atoms with Gasteiger partial charge in [-0.05, 0) is 54.5 Å². The van der Waals surface area contributed by atoms with Gasteiger partial charge in [0.25, 0.3) is 5.56 Å². The molecule has 0 unspecified atom stereocenters. The van der Waals surface area contributed by atoms with Crippen molar-refractivity contribution in [1.82, 2.24) is 9.97 Å². The lowest BCUT2D eigenvalue weighted by Crippen LogP contribution is -2.13. The smallest absolute Gasteiger partial charge is 0.260 e. The minimum absolute atomic E-state index is 0.0256. The number of aromatic nitrogens is 2. The Morgan fingerprint density at radius 3 is 3.08 bits per heavy atom. The fourth-order valence-electron chi connectivity index (χ4n) is 3.36. The van der Waals surface area contributed by atoms with Crippen molar-refractivity contribution in [2.24, 2.45) is 5.92 Å². The number of aryl methyl sites for hydroxylation is 1. The molecule has 0 amide bonds. The van der Waals surface area contributed by atoms with E-state index < -0.39 is 0 Å². The summed E-state index contributed by atoms with van der Waals surface area (Å²) in [6.07, 6.45) is 6.97. The van der Waals surface area contributed by atoms with Gasteiger partial charge in [-0.1, -0.05) is 25.1 Å². The molecular formula is C20H20N2O2S. The van der Waals surface area contributed by atoms with Gasteiger partial charge >= 0.3 is 0 Å². The second-order valence-corrected chi connectivity index (χ2v) is 7.68. The monoisotopic (exact) mass is 352 g/mol. The minimum Gasteiger partial charge on any atom is -0.497 e. The quantitative estimate of drug-likeness (QED) is 0.765. The van der Waals surface area contributed by atoms with Crippen LogP contribution in [0.2, 0.25) is 0 Å². The first kappa shape index (κ1) is 16.1. The van der Waals surface area contributed by atoms with Gasteiger partial charge in [0.2, 0.25) is 0 Å². The van der Waals surface area contributed by atoms with E-state index in [4.69, 9.17) is 4.74 Å². The van der Waals surface area contributed by atoms with Crippen LogP contribution in [0.4, 0.5) is 0 Å². The average molecular weight is 352 g/mol. The molecule has 0 spiro atoms. The van der Waals surface area contributed by atoms with Crippen LogP contribution in [-0.4, -0.2) is 17.1 Å². The predicted molar refractivity (Wildman–Crippen MR) is 103 cm³/mol. The zero-order chi connectivity index (χ0) is 17.4. The van der Waals surface area contributed by atoms with E-state index in [1.807, 2.05) is 36.4 Å². The molecule has 0 radical (unpaired) electrons. The molecule has 0 fully saturated rings. The lowest BCUT2D eigenvalue weighted by Gasteiger charge is -2.17. The van der Waals surface area contributed by atoms with E-state index in [0.29, 0.717) is 11.7 Å². The number of fused-ring (bicyclic) bond motifs is 3. The Morgan fingerprint density at radius 1 is 1.36 bits per heavy atom. The first-order chi connectivity index (χ1) is 12.1. The van der Waals surface area contributed by atoms with Crippen molar-refractivity contribution in [2.45, 2.75) is 26.2 Å². The molecule has 5 heteroatoms. The van der Waals surface area contributed by atoms with Gasteiger partial charge < -0.3 is 9.72 Å². The molecule has 1 aliphatic carbocycles. The molecule has 4 rings (SSSR count). The van der Waals surface area contributed by atoms with Gasteiger partial charge in [-0.15, -0.1) is 11.3 Å². The maximum absolute atomic E-state index is 12.6. The number of thiophene rings is 1. The summed E-state index contributed by atoms with van der Waals surface area (Å²) >= 11 is 1.67. The highest BCUT2D eigenvalue weighted by Crippen LogP contribution is 2.35. The number of methoxy groups -OCH3 is 1. The number of benzene rings is 1. The summed E-state index contributed by atoms with van der Waals surface area (Å²) in [5.41, 5.74) is 2.19. The number of nitrogens with zero attached hydrogens (tertiary/aromatic N) is 1. The van der Waals surface area contributed by atoms with Gasteiger partial charge in [0.1, 0.15) is 16.4 Å². The van der Waals surface area contributed by atoms with Crippen molar-refractivity contribution in [2.75, 3.05) is 7.11 Å². The second-order valence-electron chi connectivity index (χ2n) is 6.59. The molecule has 3 aromatic rings. The zero-order valence-corrected chi connectivity index (χ0v) is 15.2. The Hall–Kier alpha value is -2.40. The number of aromatic amines is 1. The van der Waals surface area contributed by atoms with Gasteiger partial charge in [0.05, 0.1) is 12.5 Å². The highest BCUT2D eigenvalue weighted by atomic mass is 32.1. The van der Waals surface area contributed by atoms with E-state index in [1.54, 1.807) is 18.4 Å². The third kappa shape index (κ3) is 3.12. The highest BCUT2D eigenvalue weighted by Gasteiger charge is 2.22. The molecule has 0 aliphatic heterocycles. The summed E-state index contributed by atoms with van der Waals surface area (Å²) < 4.78 is 5.23. The molecule has 1 aromatic carbocycles. The topological polar surface area (TPSA) is 55.0 Å². The fraction of sp³-hybridized carbons (Fsp3) is 0.300. The van der Waals surface area contributed by atoms with Crippen LogP contribution >= 0.6 is 11.3 Å². The van der Waals surface area contributed by atoms with Crippen LogP contribution in [0.15, 0.2) is 29.1 Å². The Balaban J connectivity index is 1.71. The number of hydrogen-bond donors (Lipinski definition) is 1. The maximum Gasteiger partial charge on any atom is 0.260 e. The first-order valence-electron chi connectivity index (χ1n) is 8.50. The molecule has 128 valence electrons. The number of rotatable bonds is 3. The van der Waals surface area contributed by atoms with Crippen LogP contribution in [0.5, 0.6) is 5.75 Å². The van der Waals surface area contributed by atoms with Crippen LogP contribution in [0, 0.1) is 5.92 Å². The largest absolute Gasteiger partial charge is 0.497 e. The Labute approximate surface area is 150 Å². The van der Waals surface area contributed by atoms with Crippen molar-refractivity contribution in [3.63, 3.8) is 0 Å². The van der Waals surface area contributed by atoms with Crippen molar-refractivity contribution in [1.29, 1.82) is 0 Å². The van der Waals surface area contributed by atoms with E-state index in [0.717, 1.165) is 40.8 Å².